The van der Waals surface area contributed by atoms with Crippen LogP contribution in [0.15, 0.2) is 36.5 Å². The van der Waals surface area contributed by atoms with Crippen molar-refractivity contribution in [2.75, 3.05) is 13.2 Å². The van der Waals surface area contributed by atoms with Gasteiger partial charge in [0.25, 0.3) is 0 Å². The van der Waals surface area contributed by atoms with Crippen molar-refractivity contribution in [2.24, 2.45) is 0 Å². The summed E-state index contributed by atoms with van der Waals surface area (Å²) in [5.41, 5.74) is 0. The molecule has 394 valence electrons. The zero-order valence-electron chi connectivity index (χ0n) is 43.7. The molecule has 7 atom stereocenters. The molecule has 6 N–H and O–H groups in total. The van der Waals surface area contributed by atoms with Crippen molar-refractivity contribution in [2.45, 2.75) is 314 Å². The lowest BCUT2D eigenvalue weighted by Gasteiger charge is -2.40. The number of ether oxygens (including phenoxy) is 2. The van der Waals surface area contributed by atoms with Crippen molar-refractivity contribution in [3.63, 3.8) is 0 Å². The van der Waals surface area contributed by atoms with Gasteiger partial charge in [-0.15, -0.1) is 0 Å². The summed E-state index contributed by atoms with van der Waals surface area (Å²) in [5.74, 6) is -0.146. The molecule has 0 aromatic heterocycles. The molecule has 0 radical (unpaired) electrons. The largest absolute Gasteiger partial charge is 0.394 e. The van der Waals surface area contributed by atoms with Gasteiger partial charge in [0.1, 0.15) is 24.4 Å². The molecule has 7 unspecified atom stereocenters. The zero-order valence-corrected chi connectivity index (χ0v) is 43.7. The quantitative estimate of drug-likeness (QED) is 0.0261. The molecule has 1 heterocycles. The van der Waals surface area contributed by atoms with Crippen molar-refractivity contribution in [3.8, 4) is 0 Å². The van der Waals surface area contributed by atoms with Gasteiger partial charge in [-0.05, 0) is 51.4 Å². The van der Waals surface area contributed by atoms with Crippen LogP contribution < -0.4 is 5.32 Å². The maximum absolute atomic E-state index is 13.1. The van der Waals surface area contributed by atoms with E-state index >= 15 is 0 Å². The SMILES string of the molecule is CCCCCCC/C=C\C/C=C\C/C=C\CCCCCCCCCCCCC(=O)NC(COC1OC(CO)C(O)C(O)C1O)C(O)CCCCCCCCCCCCCCCCCCCCC. The summed E-state index contributed by atoms with van der Waals surface area (Å²) < 4.78 is 11.3. The number of amides is 1. The highest BCUT2D eigenvalue weighted by Crippen LogP contribution is 2.23. The summed E-state index contributed by atoms with van der Waals surface area (Å²) in [6.07, 6.45) is 54.5. The molecule has 1 rings (SSSR count). The first-order valence-corrected chi connectivity index (χ1v) is 28.7. The van der Waals surface area contributed by atoms with Crippen LogP contribution in [0.3, 0.4) is 0 Å². The minimum Gasteiger partial charge on any atom is -0.394 e. The first kappa shape index (κ1) is 63.4. The minimum absolute atomic E-state index is 0.138. The van der Waals surface area contributed by atoms with Crippen LogP contribution in [0.2, 0.25) is 0 Å². The second kappa shape index (κ2) is 48.1. The highest BCUT2D eigenvalue weighted by atomic mass is 16.7. The van der Waals surface area contributed by atoms with Gasteiger partial charge >= 0.3 is 0 Å². The molecule has 1 fully saturated rings. The number of allylic oxidation sites excluding steroid dienone is 6. The maximum Gasteiger partial charge on any atom is 0.220 e. The van der Waals surface area contributed by atoms with Gasteiger partial charge in [0.05, 0.1) is 25.4 Å². The number of aliphatic hydroxyl groups excluding tert-OH is 5. The van der Waals surface area contributed by atoms with Crippen LogP contribution in [0.5, 0.6) is 0 Å². The number of hydrogen-bond donors (Lipinski definition) is 6. The van der Waals surface area contributed by atoms with Crippen molar-refractivity contribution in [1.29, 1.82) is 0 Å². The van der Waals surface area contributed by atoms with E-state index in [0.717, 1.165) is 51.4 Å². The van der Waals surface area contributed by atoms with Crippen molar-refractivity contribution >= 4 is 5.91 Å². The molecule has 1 aliphatic heterocycles. The fourth-order valence-electron chi connectivity index (χ4n) is 9.17. The van der Waals surface area contributed by atoms with Gasteiger partial charge in [-0.1, -0.05) is 249 Å². The topological polar surface area (TPSA) is 149 Å². The Kier molecular flexibility index (Phi) is 45.5. The molecular formula is C58H109NO8. The highest BCUT2D eigenvalue weighted by Gasteiger charge is 2.44. The number of unbranched alkanes of at least 4 members (excludes halogenated alkanes) is 33. The van der Waals surface area contributed by atoms with E-state index in [2.05, 4.69) is 55.6 Å². The lowest BCUT2D eigenvalue weighted by molar-refractivity contribution is -0.302. The van der Waals surface area contributed by atoms with Gasteiger partial charge in [0, 0.05) is 6.42 Å². The lowest BCUT2D eigenvalue weighted by atomic mass is 9.99. The smallest absolute Gasteiger partial charge is 0.220 e. The second-order valence-corrected chi connectivity index (χ2v) is 20.1. The van der Waals surface area contributed by atoms with E-state index in [9.17, 15) is 30.3 Å². The Labute approximate surface area is 412 Å². The number of hydrogen-bond acceptors (Lipinski definition) is 8. The Morgan fingerprint density at radius 1 is 0.507 bits per heavy atom. The first-order valence-electron chi connectivity index (χ1n) is 28.7. The molecule has 0 aromatic rings. The Bertz CT molecular complexity index is 1150. The molecule has 0 spiro atoms. The number of rotatable bonds is 49. The summed E-state index contributed by atoms with van der Waals surface area (Å²) >= 11 is 0. The number of carbonyl (C=O) groups excluding carboxylic acids is 1. The predicted molar refractivity (Wildman–Crippen MR) is 281 cm³/mol. The summed E-state index contributed by atoms with van der Waals surface area (Å²) in [4.78, 5) is 13.1. The van der Waals surface area contributed by atoms with Crippen molar-refractivity contribution in [1.82, 2.24) is 5.32 Å². The van der Waals surface area contributed by atoms with Crippen LogP contribution in [-0.2, 0) is 14.3 Å². The van der Waals surface area contributed by atoms with E-state index in [1.54, 1.807) is 0 Å². The van der Waals surface area contributed by atoms with Crippen molar-refractivity contribution < 1.29 is 39.8 Å². The van der Waals surface area contributed by atoms with Crippen LogP contribution in [0, 0.1) is 0 Å². The maximum atomic E-state index is 13.1. The number of aliphatic hydroxyl groups is 5. The Morgan fingerprint density at radius 2 is 0.881 bits per heavy atom. The minimum atomic E-state index is -1.55. The van der Waals surface area contributed by atoms with E-state index < -0.39 is 49.5 Å². The van der Waals surface area contributed by atoms with E-state index in [4.69, 9.17) is 9.47 Å². The third kappa shape index (κ3) is 37.9. The van der Waals surface area contributed by atoms with Gasteiger partial charge in [-0.3, -0.25) is 4.79 Å². The lowest BCUT2D eigenvalue weighted by Crippen LogP contribution is -2.60. The molecule has 9 heteroatoms. The van der Waals surface area contributed by atoms with Crippen LogP contribution in [0.1, 0.15) is 271 Å². The Hall–Kier alpha value is -1.59. The molecule has 1 aliphatic rings. The zero-order chi connectivity index (χ0) is 48.7. The Morgan fingerprint density at radius 3 is 1.30 bits per heavy atom. The highest BCUT2D eigenvalue weighted by molar-refractivity contribution is 5.76. The molecule has 0 aromatic carbocycles. The van der Waals surface area contributed by atoms with Crippen LogP contribution in [-0.4, -0.2) is 87.5 Å². The van der Waals surface area contributed by atoms with Gasteiger partial charge in [-0.25, -0.2) is 0 Å². The molecule has 1 amide bonds. The molecule has 67 heavy (non-hydrogen) atoms. The summed E-state index contributed by atoms with van der Waals surface area (Å²) in [6.45, 7) is 3.85. The van der Waals surface area contributed by atoms with Gasteiger partial charge < -0.3 is 40.3 Å². The van der Waals surface area contributed by atoms with E-state index in [1.165, 1.54) is 193 Å². The van der Waals surface area contributed by atoms with Crippen molar-refractivity contribution in [3.05, 3.63) is 36.5 Å². The van der Waals surface area contributed by atoms with Crippen LogP contribution >= 0.6 is 0 Å². The molecule has 0 aliphatic carbocycles. The monoisotopic (exact) mass is 948 g/mol. The number of nitrogens with one attached hydrogen (secondary N) is 1. The average Bonchev–Trinajstić information content (AvgIpc) is 3.33. The van der Waals surface area contributed by atoms with E-state index in [0.29, 0.717) is 12.8 Å². The fourth-order valence-corrected chi connectivity index (χ4v) is 9.17. The molecular weight excluding hydrogens is 839 g/mol. The van der Waals surface area contributed by atoms with Gasteiger partial charge in [-0.2, -0.15) is 0 Å². The summed E-state index contributed by atoms with van der Waals surface area (Å²) in [7, 11) is 0. The third-order valence-corrected chi connectivity index (χ3v) is 13.7. The summed E-state index contributed by atoms with van der Waals surface area (Å²) in [6, 6.07) is -0.722. The normalized spacial score (nSPS) is 19.9. The van der Waals surface area contributed by atoms with E-state index in [1.807, 2.05) is 0 Å². The van der Waals surface area contributed by atoms with Crippen LogP contribution in [0.25, 0.3) is 0 Å². The predicted octanol–water partition coefficient (Wildman–Crippen LogP) is 14.0. The standard InChI is InChI=1S/C58H109NO8/c1-3-5-7-9-11-13-15-17-19-21-23-24-25-26-27-28-30-32-34-36-38-40-42-44-46-48-54(62)59-51(50-66-58-57(65)56(64)55(63)53(49-60)67-58)52(61)47-45-43-41-39-37-35-33-31-29-22-20-18-16-14-12-10-8-6-4-2/h15,17,21,23,25-26,51-53,55-58,60-61,63-65H,3-14,16,18-20,22,24,27-50H2,1-2H3,(H,59,62)/b17-15-,23-21-,26-25-. The average molecular weight is 949 g/mol. The third-order valence-electron chi connectivity index (χ3n) is 13.7. The fraction of sp³-hybridized carbons (Fsp3) is 0.879. The Balaban J connectivity index is 2.22. The molecule has 0 bridgehead atoms. The molecule has 0 saturated carbocycles. The number of carbonyl (C=O) groups is 1. The van der Waals surface area contributed by atoms with Crippen LogP contribution in [0.4, 0.5) is 0 Å². The van der Waals surface area contributed by atoms with E-state index in [-0.39, 0.29) is 12.5 Å². The molecule has 9 nitrogen and oxygen atoms in total. The van der Waals surface area contributed by atoms with Gasteiger partial charge in [0.15, 0.2) is 6.29 Å². The first-order chi connectivity index (χ1) is 32.8. The summed E-state index contributed by atoms with van der Waals surface area (Å²) in [5, 5.41) is 54.7. The second-order valence-electron chi connectivity index (χ2n) is 20.1. The van der Waals surface area contributed by atoms with Gasteiger partial charge in [0.2, 0.25) is 5.91 Å². The molecule has 1 saturated heterocycles.